The van der Waals surface area contributed by atoms with E-state index in [1.54, 1.807) is 7.05 Å². The van der Waals surface area contributed by atoms with Gasteiger partial charge in [0.25, 0.3) is 5.91 Å². The minimum Gasteiger partial charge on any atom is -0.333 e. The number of fused-ring (bicyclic) bond motifs is 1. The molecule has 3 amide bonds. The van der Waals surface area contributed by atoms with Gasteiger partial charge in [-0.2, -0.15) is 0 Å². The first-order valence-corrected chi connectivity index (χ1v) is 10.3. The number of likely N-dealkylation sites (N-methyl/N-ethyl adjacent to an activating group) is 1. The van der Waals surface area contributed by atoms with Gasteiger partial charge in [0.2, 0.25) is 0 Å². The van der Waals surface area contributed by atoms with Crippen molar-refractivity contribution in [3.8, 4) is 0 Å². The Kier molecular flexibility index (Phi) is 5.70. The number of nitrogens with zero attached hydrogens (tertiary/aromatic N) is 3. The summed E-state index contributed by atoms with van der Waals surface area (Å²) in [6.45, 7) is 3.24. The number of carbonyl (C=O) groups is 2. The van der Waals surface area contributed by atoms with Crippen molar-refractivity contribution < 1.29 is 9.59 Å². The van der Waals surface area contributed by atoms with Gasteiger partial charge in [-0.1, -0.05) is 60.2 Å². The molecule has 2 unspecified atom stereocenters. The molecule has 0 aliphatic carbocycles. The van der Waals surface area contributed by atoms with Gasteiger partial charge in [0, 0.05) is 13.6 Å². The smallest absolute Gasteiger partial charge is 0.325 e. The summed E-state index contributed by atoms with van der Waals surface area (Å²) < 4.78 is 0. The summed E-state index contributed by atoms with van der Waals surface area (Å²) in [5, 5.41) is 5.75. The van der Waals surface area contributed by atoms with E-state index in [9.17, 15) is 9.59 Å². The second-order valence-corrected chi connectivity index (χ2v) is 7.85. The number of guanidine groups is 1. The first kappa shape index (κ1) is 19.9. The molecule has 2 aliphatic heterocycles. The Morgan fingerprint density at radius 3 is 2.47 bits per heavy atom. The number of aliphatic imine (C=N–C) groups is 1. The van der Waals surface area contributed by atoms with E-state index in [4.69, 9.17) is 4.99 Å². The minimum absolute atomic E-state index is 0.282. The quantitative estimate of drug-likeness (QED) is 0.773. The average molecular weight is 406 g/mol. The Hall–Kier alpha value is -3.35. The second-order valence-electron chi connectivity index (χ2n) is 7.85. The van der Waals surface area contributed by atoms with E-state index in [0.29, 0.717) is 19.0 Å². The fraction of sp³-hybridized carbons (Fsp3) is 0.348. The second kappa shape index (κ2) is 8.57. The van der Waals surface area contributed by atoms with Gasteiger partial charge in [-0.3, -0.25) is 10.1 Å². The van der Waals surface area contributed by atoms with Crippen molar-refractivity contribution in [3.63, 3.8) is 0 Å². The van der Waals surface area contributed by atoms with Crippen LogP contribution in [0, 0.1) is 6.92 Å². The summed E-state index contributed by atoms with van der Waals surface area (Å²) in [4.78, 5) is 33.0. The lowest BCUT2D eigenvalue weighted by Crippen LogP contribution is -2.64. The molecule has 0 bridgehead atoms. The van der Waals surface area contributed by atoms with E-state index in [-0.39, 0.29) is 5.91 Å². The highest BCUT2D eigenvalue weighted by Crippen LogP contribution is 2.21. The van der Waals surface area contributed by atoms with Crippen LogP contribution in [-0.2, 0) is 17.8 Å². The zero-order chi connectivity index (χ0) is 21.1. The first-order chi connectivity index (χ1) is 14.5. The number of imide groups is 1. The normalized spacial score (nSPS) is 22.1. The zero-order valence-corrected chi connectivity index (χ0v) is 17.3. The van der Waals surface area contributed by atoms with Crippen LogP contribution in [0.25, 0.3) is 0 Å². The third kappa shape index (κ3) is 4.15. The van der Waals surface area contributed by atoms with Crippen LogP contribution in [0.1, 0.15) is 23.1 Å². The third-order valence-electron chi connectivity index (χ3n) is 5.66. The molecular formula is C23H27N5O2. The van der Waals surface area contributed by atoms with Crippen LogP contribution in [0.5, 0.6) is 0 Å². The van der Waals surface area contributed by atoms with Crippen LogP contribution in [-0.4, -0.2) is 53.5 Å². The van der Waals surface area contributed by atoms with Crippen molar-refractivity contribution in [2.45, 2.75) is 38.5 Å². The summed E-state index contributed by atoms with van der Waals surface area (Å²) in [6.07, 6.45) is 1.37. The molecule has 2 N–H and O–H groups in total. The molecule has 0 radical (unpaired) electrons. The molecule has 7 nitrogen and oxygen atoms in total. The molecule has 2 aromatic rings. The molecule has 0 aromatic heterocycles. The average Bonchev–Trinajstić information content (AvgIpc) is 3.12. The molecule has 4 rings (SSSR count). The van der Waals surface area contributed by atoms with Crippen molar-refractivity contribution in [1.82, 2.24) is 20.4 Å². The van der Waals surface area contributed by atoms with Crippen molar-refractivity contribution in [2.24, 2.45) is 4.99 Å². The molecule has 30 heavy (non-hydrogen) atoms. The number of rotatable bonds is 6. The van der Waals surface area contributed by atoms with Crippen molar-refractivity contribution in [1.29, 1.82) is 0 Å². The zero-order valence-electron chi connectivity index (χ0n) is 17.3. The van der Waals surface area contributed by atoms with Crippen molar-refractivity contribution in [3.05, 3.63) is 71.3 Å². The maximum atomic E-state index is 12.6. The Labute approximate surface area is 176 Å². The highest BCUT2D eigenvalue weighted by atomic mass is 16.2. The van der Waals surface area contributed by atoms with Crippen molar-refractivity contribution >= 4 is 17.9 Å². The van der Waals surface area contributed by atoms with Crippen molar-refractivity contribution in [2.75, 3.05) is 13.6 Å². The summed E-state index contributed by atoms with van der Waals surface area (Å²) in [7, 11) is 1.69. The summed E-state index contributed by atoms with van der Waals surface area (Å²) in [5.41, 5.74) is 3.57. The topological polar surface area (TPSA) is 77.0 Å². The number of urea groups is 1. The molecule has 0 spiro atoms. The van der Waals surface area contributed by atoms with Crippen LogP contribution in [0.15, 0.2) is 59.6 Å². The Morgan fingerprint density at radius 2 is 1.73 bits per heavy atom. The number of amides is 3. The van der Waals surface area contributed by atoms with E-state index >= 15 is 0 Å². The van der Waals surface area contributed by atoms with Crippen LogP contribution in [0.3, 0.4) is 0 Å². The van der Waals surface area contributed by atoms with E-state index in [2.05, 4.69) is 54.0 Å². The van der Waals surface area contributed by atoms with Crippen LogP contribution in [0.2, 0.25) is 0 Å². The van der Waals surface area contributed by atoms with Gasteiger partial charge in [-0.25, -0.2) is 9.79 Å². The Bertz CT molecular complexity index is 942. The SMILES string of the molecule is Cc1ccc(CN=C2NC3C(C(=O)NC(=O)N3C)N2CCCc2ccccc2)cc1. The van der Waals surface area contributed by atoms with E-state index < -0.39 is 18.2 Å². The number of hydrogen-bond acceptors (Lipinski definition) is 3. The molecule has 0 saturated carbocycles. The van der Waals surface area contributed by atoms with Gasteiger partial charge in [-0.05, 0) is 30.9 Å². The summed E-state index contributed by atoms with van der Waals surface area (Å²) >= 11 is 0. The van der Waals surface area contributed by atoms with Crippen LogP contribution in [0.4, 0.5) is 4.79 Å². The van der Waals surface area contributed by atoms with Gasteiger partial charge >= 0.3 is 6.03 Å². The maximum Gasteiger partial charge on any atom is 0.325 e. The largest absolute Gasteiger partial charge is 0.333 e. The molecule has 2 aliphatic rings. The highest BCUT2D eigenvalue weighted by Gasteiger charge is 2.49. The molecular weight excluding hydrogens is 378 g/mol. The molecule has 2 heterocycles. The third-order valence-corrected chi connectivity index (χ3v) is 5.66. The lowest BCUT2D eigenvalue weighted by molar-refractivity contribution is -0.127. The summed E-state index contributed by atoms with van der Waals surface area (Å²) in [6, 6.07) is 17.7. The minimum atomic E-state index is -0.486. The summed E-state index contributed by atoms with van der Waals surface area (Å²) in [5.74, 6) is 0.381. The Morgan fingerprint density at radius 1 is 1.00 bits per heavy atom. The molecule has 2 saturated heterocycles. The van der Waals surface area contributed by atoms with Gasteiger partial charge in [0.1, 0.15) is 6.17 Å². The van der Waals surface area contributed by atoms with Crippen LogP contribution >= 0.6 is 0 Å². The fourth-order valence-electron chi connectivity index (χ4n) is 3.92. The predicted octanol–water partition coefficient (Wildman–Crippen LogP) is 2.27. The molecule has 2 aromatic carbocycles. The molecule has 7 heteroatoms. The molecule has 2 fully saturated rings. The molecule has 2 atom stereocenters. The standard InChI is InChI=1S/C23H27N5O2/c1-16-10-12-18(13-11-16)15-24-22-25-20-19(21(29)26-23(30)27(20)2)28(22)14-6-9-17-7-4-3-5-8-17/h3-5,7-8,10-13,19-20H,6,9,14-15H2,1-2H3,(H,24,25)(H,26,29,30). The number of aryl methyl sites for hydroxylation is 2. The van der Waals surface area contributed by atoms with E-state index in [1.165, 1.54) is 16.0 Å². The van der Waals surface area contributed by atoms with E-state index in [0.717, 1.165) is 18.4 Å². The van der Waals surface area contributed by atoms with Crippen LogP contribution < -0.4 is 10.6 Å². The Balaban J connectivity index is 1.52. The number of carbonyl (C=O) groups excluding carboxylic acids is 2. The van der Waals surface area contributed by atoms with Gasteiger partial charge in [0.15, 0.2) is 12.0 Å². The number of hydrogen-bond donors (Lipinski definition) is 2. The first-order valence-electron chi connectivity index (χ1n) is 10.3. The highest BCUT2D eigenvalue weighted by molar-refractivity contribution is 6.04. The predicted molar refractivity (Wildman–Crippen MR) is 116 cm³/mol. The lowest BCUT2D eigenvalue weighted by atomic mass is 10.1. The number of nitrogens with one attached hydrogen (secondary N) is 2. The van der Waals surface area contributed by atoms with Gasteiger partial charge < -0.3 is 15.1 Å². The maximum absolute atomic E-state index is 12.6. The van der Waals surface area contributed by atoms with Gasteiger partial charge in [0.05, 0.1) is 6.54 Å². The monoisotopic (exact) mass is 405 g/mol. The van der Waals surface area contributed by atoms with Gasteiger partial charge in [-0.15, -0.1) is 0 Å². The fourth-order valence-corrected chi connectivity index (χ4v) is 3.92. The molecule has 156 valence electrons. The number of benzene rings is 2. The lowest BCUT2D eigenvalue weighted by Gasteiger charge is -2.35. The van der Waals surface area contributed by atoms with E-state index in [1.807, 2.05) is 23.1 Å².